The van der Waals surface area contributed by atoms with E-state index in [-0.39, 0.29) is 0 Å². The lowest BCUT2D eigenvalue weighted by Crippen LogP contribution is -2.04. The molecule has 1 aromatic heterocycles. The predicted molar refractivity (Wildman–Crippen MR) is 62.3 cm³/mol. The van der Waals surface area contributed by atoms with E-state index in [1.54, 1.807) is 6.20 Å². The molecule has 2 unspecified atom stereocenters. The van der Waals surface area contributed by atoms with Crippen molar-refractivity contribution in [3.8, 4) is 0 Å². The van der Waals surface area contributed by atoms with Gasteiger partial charge in [0.05, 0.1) is 0 Å². The highest BCUT2D eigenvalue weighted by molar-refractivity contribution is 6.30. The molecule has 2 rings (SSSR count). The third-order valence-corrected chi connectivity index (χ3v) is 3.13. The van der Waals surface area contributed by atoms with E-state index in [0.717, 1.165) is 18.4 Å². The highest BCUT2D eigenvalue weighted by atomic mass is 35.5. The molecule has 0 fully saturated rings. The number of halogens is 1. The van der Waals surface area contributed by atoms with Crippen molar-refractivity contribution >= 4 is 11.6 Å². The molecule has 1 N–H and O–H groups in total. The minimum Gasteiger partial charge on any atom is -0.364 e. The van der Waals surface area contributed by atoms with Gasteiger partial charge in [-0.15, -0.1) is 0 Å². The van der Waals surface area contributed by atoms with E-state index in [4.69, 9.17) is 16.3 Å². The van der Waals surface area contributed by atoms with Crippen molar-refractivity contribution in [1.82, 2.24) is 4.98 Å². The molecular weight excluding hydrogens is 226 g/mol. The Kier molecular flexibility index (Phi) is 3.59. The number of nitrogens with zero attached hydrogens (tertiary/aromatic N) is 1. The average Bonchev–Trinajstić information content (AvgIpc) is 2.82. The molecule has 2 atom stereocenters. The molecule has 0 saturated heterocycles. The first-order valence-corrected chi connectivity index (χ1v) is 5.63. The molecule has 0 radical (unpaired) electrons. The van der Waals surface area contributed by atoms with Crippen LogP contribution >= 0.6 is 11.6 Å². The van der Waals surface area contributed by atoms with Gasteiger partial charge >= 0.3 is 0 Å². The van der Waals surface area contributed by atoms with E-state index >= 15 is 0 Å². The van der Waals surface area contributed by atoms with Crippen LogP contribution in [0, 0.1) is 0 Å². The average molecular weight is 240 g/mol. The highest BCUT2D eigenvalue weighted by Gasteiger charge is 2.17. The molecule has 0 saturated carbocycles. The molecule has 4 heteroatoms. The molecule has 1 aliphatic carbocycles. The first kappa shape index (κ1) is 11.6. The molecule has 0 spiro atoms. The van der Waals surface area contributed by atoms with Gasteiger partial charge in [-0.3, -0.25) is 0 Å². The summed E-state index contributed by atoms with van der Waals surface area (Å²) < 4.78 is 4.85. The first-order chi connectivity index (χ1) is 7.72. The summed E-state index contributed by atoms with van der Waals surface area (Å²) in [4.78, 5) is 4.08. The lowest BCUT2D eigenvalue weighted by molar-refractivity contribution is -0.0771. The van der Waals surface area contributed by atoms with Gasteiger partial charge in [0, 0.05) is 24.8 Å². The molecule has 86 valence electrons. The Morgan fingerprint density at radius 3 is 3.06 bits per heavy atom. The lowest BCUT2D eigenvalue weighted by atomic mass is 9.99. The predicted octanol–water partition coefficient (Wildman–Crippen LogP) is 2.81. The molecule has 3 nitrogen and oxygen atoms in total. The van der Waals surface area contributed by atoms with Gasteiger partial charge in [0.2, 0.25) is 0 Å². The number of hydrogen-bond acceptors (Lipinski definition) is 3. The fraction of sp³-hybridized carbons (Fsp3) is 0.417. The van der Waals surface area contributed by atoms with Gasteiger partial charge in [-0.2, -0.15) is 0 Å². The maximum Gasteiger partial charge on any atom is 0.183 e. The molecule has 1 heterocycles. The molecule has 16 heavy (non-hydrogen) atoms. The van der Waals surface area contributed by atoms with Crippen molar-refractivity contribution < 1.29 is 9.84 Å². The van der Waals surface area contributed by atoms with Crippen LogP contribution in [0.15, 0.2) is 24.4 Å². The van der Waals surface area contributed by atoms with E-state index in [2.05, 4.69) is 17.1 Å². The van der Waals surface area contributed by atoms with Gasteiger partial charge in [-0.05, 0) is 24.5 Å². The first-order valence-electron chi connectivity index (χ1n) is 5.25. The highest BCUT2D eigenvalue weighted by Crippen LogP contribution is 2.31. The fourth-order valence-electron chi connectivity index (χ4n) is 1.90. The maximum atomic E-state index is 9.61. The van der Waals surface area contributed by atoms with Crippen molar-refractivity contribution in [2.24, 2.45) is 0 Å². The summed E-state index contributed by atoms with van der Waals surface area (Å²) in [7, 11) is 1.43. The molecular formula is C12H14ClNO2. The van der Waals surface area contributed by atoms with E-state index in [1.807, 2.05) is 6.07 Å². The third-order valence-electron chi connectivity index (χ3n) is 2.82. The lowest BCUT2D eigenvalue weighted by Gasteiger charge is -2.14. The van der Waals surface area contributed by atoms with Gasteiger partial charge in [0.25, 0.3) is 0 Å². The number of aliphatic hydroxyl groups excluding tert-OH is 1. The van der Waals surface area contributed by atoms with Crippen LogP contribution in [0.3, 0.4) is 0 Å². The number of aromatic nitrogens is 1. The Labute approximate surface area is 99.7 Å². The molecule has 1 aliphatic rings. The van der Waals surface area contributed by atoms with E-state index in [1.165, 1.54) is 7.11 Å². The second-order valence-corrected chi connectivity index (χ2v) is 4.21. The summed E-state index contributed by atoms with van der Waals surface area (Å²) >= 11 is 5.91. The SMILES string of the molecule is COC(O)c1cc(C2C=CCC2)cnc1Cl. The Morgan fingerprint density at radius 2 is 2.44 bits per heavy atom. The molecule has 0 aliphatic heterocycles. The summed E-state index contributed by atoms with van der Waals surface area (Å²) in [6, 6.07) is 1.86. The van der Waals surface area contributed by atoms with Crippen LogP contribution in [0.4, 0.5) is 0 Å². The van der Waals surface area contributed by atoms with Gasteiger partial charge in [0.1, 0.15) is 5.15 Å². The van der Waals surface area contributed by atoms with Crippen LogP contribution in [0.25, 0.3) is 0 Å². The molecule has 0 amide bonds. The van der Waals surface area contributed by atoms with Gasteiger partial charge < -0.3 is 9.84 Å². The largest absolute Gasteiger partial charge is 0.364 e. The van der Waals surface area contributed by atoms with Gasteiger partial charge in [-0.25, -0.2) is 4.98 Å². The number of aliphatic hydroxyl groups is 1. The number of ether oxygens (including phenoxy) is 1. The Hall–Kier alpha value is -0.900. The smallest absolute Gasteiger partial charge is 0.183 e. The maximum absolute atomic E-state index is 9.61. The fourth-order valence-corrected chi connectivity index (χ4v) is 2.09. The zero-order valence-electron chi connectivity index (χ0n) is 9.06. The summed E-state index contributed by atoms with van der Waals surface area (Å²) in [5.74, 6) is 0.382. The third kappa shape index (κ3) is 2.26. The van der Waals surface area contributed by atoms with E-state index in [0.29, 0.717) is 16.6 Å². The number of allylic oxidation sites excluding steroid dienone is 2. The van der Waals surface area contributed by atoms with Crippen molar-refractivity contribution in [1.29, 1.82) is 0 Å². The zero-order chi connectivity index (χ0) is 11.5. The van der Waals surface area contributed by atoms with Crippen LogP contribution in [0.1, 0.15) is 36.2 Å². The summed E-state index contributed by atoms with van der Waals surface area (Å²) in [5.41, 5.74) is 1.60. The van der Waals surface area contributed by atoms with Crippen LogP contribution in [0.2, 0.25) is 5.15 Å². The Bertz CT molecular complexity index is 406. The van der Waals surface area contributed by atoms with Crippen molar-refractivity contribution in [2.75, 3.05) is 7.11 Å². The molecule has 1 aromatic rings. The van der Waals surface area contributed by atoms with Crippen LogP contribution in [-0.4, -0.2) is 17.2 Å². The minimum atomic E-state index is -1.01. The van der Waals surface area contributed by atoms with Crippen LogP contribution in [-0.2, 0) is 4.74 Å². The summed E-state index contributed by atoms with van der Waals surface area (Å²) in [5, 5.41) is 9.90. The summed E-state index contributed by atoms with van der Waals surface area (Å²) in [6.45, 7) is 0. The van der Waals surface area contributed by atoms with Crippen LogP contribution in [0.5, 0.6) is 0 Å². The Balaban J connectivity index is 2.31. The van der Waals surface area contributed by atoms with Gasteiger partial charge in [0.15, 0.2) is 6.29 Å². The molecule has 0 aromatic carbocycles. The number of rotatable bonds is 3. The second kappa shape index (κ2) is 4.95. The van der Waals surface area contributed by atoms with Gasteiger partial charge in [-0.1, -0.05) is 23.8 Å². The quantitative estimate of drug-likeness (QED) is 0.501. The Morgan fingerprint density at radius 1 is 1.62 bits per heavy atom. The number of methoxy groups -OCH3 is 1. The number of pyridine rings is 1. The van der Waals surface area contributed by atoms with E-state index in [9.17, 15) is 5.11 Å². The monoisotopic (exact) mass is 239 g/mol. The number of hydrogen-bond donors (Lipinski definition) is 1. The van der Waals surface area contributed by atoms with Crippen LogP contribution < -0.4 is 0 Å². The normalized spacial score (nSPS) is 21.3. The topological polar surface area (TPSA) is 42.4 Å². The standard InChI is InChI=1S/C12H14ClNO2/c1-16-12(15)10-6-9(7-14-11(10)13)8-4-2-3-5-8/h2,4,6-8,12,15H,3,5H2,1H3. The van der Waals surface area contributed by atoms with E-state index < -0.39 is 6.29 Å². The molecule has 0 bridgehead atoms. The minimum absolute atomic E-state index is 0.292. The van der Waals surface area contributed by atoms with Crippen molar-refractivity contribution in [2.45, 2.75) is 25.0 Å². The summed E-state index contributed by atoms with van der Waals surface area (Å²) in [6.07, 6.45) is 7.25. The zero-order valence-corrected chi connectivity index (χ0v) is 9.81. The van der Waals surface area contributed by atoms with Crippen molar-refractivity contribution in [3.05, 3.63) is 40.7 Å². The second-order valence-electron chi connectivity index (χ2n) is 3.85. The van der Waals surface area contributed by atoms with Crippen molar-refractivity contribution in [3.63, 3.8) is 0 Å².